The summed E-state index contributed by atoms with van der Waals surface area (Å²) in [5.41, 5.74) is -1.49. The molecule has 0 aromatic rings. The lowest BCUT2D eigenvalue weighted by Gasteiger charge is -2.50. The maximum absolute atomic E-state index is 13.5. The van der Waals surface area contributed by atoms with Crippen LogP contribution in [0.25, 0.3) is 0 Å². The van der Waals surface area contributed by atoms with E-state index in [0.717, 1.165) is 6.29 Å². The first kappa shape index (κ1) is 53.5. The molecular formula is C45H75NO16. The van der Waals surface area contributed by atoms with Gasteiger partial charge >= 0.3 is 17.9 Å². The molecule has 0 spiro atoms. The fourth-order valence-electron chi connectivity index (χ4n) is 8.48. The van der Waals surface area contributed by atoms with Crippen LogP contribution < -0.4 is 0 Å². The first-order valence-corrected chi connectivity index (χ1v) is 22.1. The minimum Gasteiger partial charge on any atom is -0.462 e. The second-order valence-corrected chi connectivity index (χ2v) is 17.1. The van der Waals surface area contributed by atoms with Crippen molar-refractivity contribution >= 4 is 24.2 Å². The molecule has 3 aliphatic rings. The van der Waals surface area contributed by atoms with Gasteiger partial charge in [-0.05, 0) is 73.9 Å². The van der Waals surface area contributed by atoms with Crippen LogP contribution in [0, 0.1) is 11.8 Å². The number of methoxy groups -OCH3 is 1. The molecule has 2 fully saturated rings. The molecule has 62 heavy (non-hydrogen) atoms. The van der Waals surface area contributed by atoms with E-state index in [2.05, 4.69) is 0 Å². The highest BCUT2D eigenvalue weighted by Crippen LogP contribution is 2.38. The van der Waals surface area contributed by atoms with Crippen molar-refractivity contribution in [2.45, 2.75) is 199 Å². The van der Waals surface area contributed by atoms with Crippen molar-refractivity contribution in [1.29, 1.82) is 0 Å². The molecule has 2 saturated heterocycles. The van der Waals surface area contributed by atoms with Gasteiger partial charge in [-0.15, -0.1) is 0 Å². The van der Waals surface area contributed by atoms with Gasteiger partial charge in [0.2, 0.25) is 0 Å². The van der Waals surface area contributed by atoms with Crippen molar-refractivity contribution in [1.82, 2.24) is 4.90 Å². The number of esters is 3. The summed E-state index contributed by atoms with van der Waals surface area (Å²) in [6.07, 6.45) is -3.38. The van der Waals surface area contributed by atoms with E-state index in [1.54, 1.807) is 60.5 Å². The Morgan fingerprint density at radius 3 is 2.26 bits per heavy atom. The molecule has 17 nitrogen and oxygen atoms in total. The molecule has 3 rings (SSSR count). The number of allylic oxidation sites excluding steroid dienone is 2. The number of nitrogens with zero attached hydrogens (tertiary/aromatic N) is 1. The number of aliphatic hydroxyl groups is 2. The molecule has 356 valence electrons. The Hall–Kier alpha value is -2.84. The molecule has 3 heterocycles. The second-order valence-electron chi connectivity index (χ2n) is 17.1. The van der Waals surface area contributed by atoms with Gasteiger partial charge in [-0.3, -0.25) is 14.4 Å². The first-order valence-electron chi connectivity index (χ1n) is 22.1. The summed E-state index contributed by atoms with van der Waals surface area (Å²) in [4.78, 5) is 52.9. The minimum atomic E-state index is -1.49. The van der Waals surface area contributed by atoms with Gasteiger partial charge < -0.3 is 67.3 Å². The molecule has 0 aromatic carbocycles. The SMILES string of the molecule is CCOC(C)O[C@H]1/C=C/C=C/C[C@@H](C)OC(=O)C[C@@H](OC(=O)CC)[C@H](OC)[C@@H](O[C@@H]2O[C@H](C)[C@@H](O[C@H]3C[C@@](C)(O)[C@@H](OC(=O)CC)[C@H](C)O3)[C@H](N(C)C)[C@H]2O)[C@@H](CC=O)C[C@H]1C. The number of likely N-dealkylation sites (N-methyl/N-ethyl adjacent to an activating group) is 1. The molecule has 0 amide bonds. The molecule has 3 aliphatic heterocycles. The number of carbonyl (C=O) groups is 4. The standard InChI is InChI=1S/C45H75NO16/c1-13-34(48)59-33-24-36(50)55-27(5)19-17-16-18-20-32(58-30(8)54-15-3)26(4)23-31(21-22-47)41(42(33)53-12)62-44-39(51)38(46(10)11)40(28(6)57-44)61-37-25-45(9,52)43(29(7)56-37)60-35(49)14-2/h16-18,20,22,26-33,37-44,51-52H,13-15,19,21,23-25H2,1-12H3/b17-16+,20-18+/t26-,27-,28-,29+,30?,31+,32+,33-,37+,38-,39-,40-,41+,42+,43+,44+,45-/m1/s1. The lowest BCUT2D eigenvalue weighted by Crippen LogP contribution is -2.66. The van der Waals surface area contributed by atoms with Gasteiger partial charge in [-0.25, -0.2) is 0 Å². The van der Waals surface area contributed by atoms with Gasteiger partial charge in [-0.1, -0.05) is 45.1 Å². The topological polar surface area (TPSA) is 204 Å². The zero-order valence-electron chi connectivity index (χ0n) is 38.8. The zero-order chi connectivity index (χ0) is 46.3. The van der Waals surface area contributed by atoms with Crippen molar-refractivity contribution in [2.24, 2.45) is 11.8 Å². The van der Waals surface area contributed by atoms with E-state index in [1.165, 1.54) is 7.11 Å². The van der Waals surface area contributed by atoms with E-state index in [-0.39, 0.29) is 38.0 Å². The van der Waals surface area contributed by atoms with Crippen LogP contribution in [-0.2, 0) is 66.5 Å². The summed E-state index contributed by atoms with van der Waals surface area (Å²) in [5.74, 6) is -2.62. The molecule has 0 saturated carbocycles. The van der Waals surface area contributed by atoms with Gasteiger partial charge in [0.1, 0.15) is 42.4 Å². The number of ether oxygens (including phenoxy) is 10. The van der Waals surface area contributed by atoms with Crippen molar-refractivity contribution in [2.75, 3.05) is 27.8 Å². The number of hydrogen-bond acceptors (Lipinski definition) is 17. The predicted molar refractivity (Wildman–Crippen MR) is 225 cm³/mol. The number of cyclic esters (lactones) is 1. The Labute approximate surface area is 368 Å². The quantitative estimate of drug-likeness (QED) is 0.0966. The van der Waals surface area contributed by atoms with Crippen LogP contribution in [0.3, 0.4) is 0 Å². The molecule has 17 atom stereocenters. The fraction of sp³-hybridized carbons (Fsp3) is 0.822. The van der Waals surface area contributed by atoms with E-state index in [4.69, 9.17) is 47.4 Å². The van der Waals surface area contributed by atoms with Crippen LogP contribution >= 0.6 is 0 Å². The largest absolute Gasteiger partial charge is 0.462 e. The zero-order valence-corrected chi connectivity index (χ0v) is 38.8. The Bertz CT molecular complexity index is 1460. The average Bonchev–Trinajstić information content (AvgIpc) is 3.19. The molecule has 1 unspecified atom stereocenters. The van der Waals surface area contributed by atoms with Crippen LogP contribution in [0.2, 0.25) is 0 Å². The smallest absolute Gasteiger partial charge is 0.309 e. The number of aldehydes is 1. The summed E-state index contributed by atoms with van der Waals surface area (Å²) in [6, 6.07) is -0.778. The van der Waals surface area contributed by atoms with Gasteiger partial charge in [0, 0.05) is 45.8 Å². The molecule has 17 heteroatoms. The highest BCUT2D eigenvalue weighted by molar-refractivity contribution is 5.72. The third kappa shape index (κ3) is 15.4. The van der Waals surface area contributed by atoms with Crippen LogP contribution in [0.4, 0.5) is 0 Å². The number of carbonyl (C=O) groups excluding carboxylic acids is 4. The van der Waals surface area contributed by atoms with Gasteiger partial charge in [0.05, 0.1) is 36.9 Å². The Morgan fingerprint density at radius 2 is 1.66 bits per heavy atom. The molecule has 0 aliphatic carbocycles. The third-order valence-electron chi connectivity index (χ3n) is 11.6. The van der Waals surface area contributed by atoms with E-state index >= 15 is 0 Å². The van der Waals surface area contributed by atoms with Crippen LogP contribution in [0.1, 0.15) is 107 Å². The normalized spacial score (nSPS) is 39.3. The highest BCUT2D eigenvalue weighted by atomic mass is 16.7. The first-order chi connectivity index (χ1) is 29.3. The van der Waals surface area contributed by atoms with Crippen LogP contribution in [0.15, 0.2) is 24.3 Å². The number of hydrogen-bond donors (Lipinski definition) is 2. The van der Waals surface area contributed by atoms with E-state index in [9.17, 15) is 29.4 Å². The fourth-order valence-corrected chi connectivity index (χ4v) is 8.48. The van der Waals surface area contributed by atoms with Crippen molar-refractivity contribution in [3.8, 4) is 0 Å². The molecule has 0 radical (unpaired) electrons. The second kappa shape index (κ2) is 25.6. The van der Waals surface area contributed by atoms with Crippen molar-refractivity contribution in [3.63, 3.8) is 0 Å². The van der Waals surface area contributed by atoms with Crippen LogP contribution in [-0.4, -0.2) is 159 Å². The van der Waals surface area contributed by atoms with Crippen molar-refractivity contribution in [3.05, 3.63) is 24.3 Å². The van der Waals surface area contributed by atoms with Crippen LogP contribution in [0.5, 0.6) is 0 Å². The summed E-state index contributed by atoms with van der Waals surface area (Å²) >= 11 is 0. The summed E-state index contributed by atoms with van der Waals surface area (Å²) < 4.78 is 61.2. The third-order valence-corrected chi connectivity index (χ3v) is 11.6. The molecule has 0 aromatic heterocycles. The Kier molecular flexibility index (Phi) is 22.1. The summed E-state index contributed by atoms with van der Waals surface area (Å²) in [7, 11) is 4.92. The van der Waals surface area contributed by atoms with Gasteiger partial charge in [0.15, 0.2) is 25.0 Å². The molecular weight excluding hydrogens is 810 g/mol. The highest BCUT2D eigenvalue weighted by Gasteiger charge is 2.53. The summed E-state index contributed by atoms with van der Waals surface area (Å²) in [6.45, 7) is 16.1. The maximum Gasteiger partial charge on any atom is 0.309 e. The summed E-state index contributed by atoms with van der Waals surface area (Å²) in [5, 5.41) is 23.6. The molecule has 2 N–H and O–H groups in total. The molecule has 0 bridgehead atoms. The van der Waals surface area contributed by atoms with Gasteiger partial charge in [0.25, 0.3) is 0 Å². The van der Waals surface area contributed by atoms with Gasteiger partial charge in [-0.2, -0.15) is 0 Å². The monoisotopic (exact) mass is 886 g/mol. The minimum absolute atomic E-state index is 0.00417. The number of aliphatic hydroxyl groups excluding tert-OH is 1. The van der Waals surface area contributed by atoms with E-state index in [0.29, 0.717) is 19.4 Å². The maximum atomic E-state index is 13.5. The Balaban J connectivity index is 2.08. The Morgan fingerprint density at radius 1 is 0.984 bits per heavy atom. The van der Waals surface area contributed by atoms with E-state index in [1.807, 2.05) is 45.1 Å². The lowest BCUT2D eigenvalue weighted by molar-refractivity contribution is -0.344. The number of rotatable bonds is 16. The predicted octanol–water partition coefficient (Wildman–Crippen LogP) is 4.17. The van der Waals surface area contributed by atoms with E-state index < -0.39 is 115 Å². The lowest BCUT2D eigenvalue weighted by atomic mass is 9.82. The van der Waals surface area contributed by atoms with Crippen molar-refractivity contribution < 1.29 is 76.8 Å². The average molecular weight is 886 g/mol.